The zero-order valence-corrected chi connectivity index (χ0v) is 10.1. The molecule has 2 aromatic rings. The Kier molecular flexibility index (Phi) is 3.06. The Morgan fingerprint density at radius 1 is 1.53 bits per heavy atom. The molecule has 0 amide bonds. The van der Waals surface area contributed by atoms with Crippen molar-refractivity contribution < 1.29 is 4.39 Å². The van der Waals surface area contributed by atoms with E-state index in [1.54, 1.807) is 0 Å². The highest BCUT2D eigenvalue weighted by Gasteiger charge is 2.09. The summed E-state index contributed by atoms with van der Waals surface area (Å²) in [5, 5.41) is 12.6. The molecule has 7 heteroatoms. The molecular weight excluding hydrogens is 289 g/mol. The third kappa shape index (κ3) is 2.42. The maximum absolute atomic E-state index is 13.5. The van der Waals surface area contributed by atoms with Gasteiger partial charge in [-0.3, -0.25) is 0 Å². The van der Waals surface area contributed by atoms with E-state index in [1.165, 1.54) is 22.9 Å². The van der Waals surface area contributed by atoms with Gasteiger partial charge >= 0.3 is 0 Å². The van der Waals surface area contributed by atoms with E-state index in [2.05, 4.69) is 26.0 Å². The average Bonchev–Trinajstić information content (AvgIpc) is 2.60. The molecular formula is C10H7BrFN5. The van der Waals surface area contributed by atoms with Crippen LogP contribution in [0.25, 0.3) is 0 Å². The number of hydrogen-bond acceptors (Lipinski definition) is 4. The fourth-order valence-corrected chi connectivity index (χ4v) is 1.75. The van der Waals surface area contributed by atoms with E-state index in [-0.39, 0.29) is 12.5 Å². The maximum atomic E-state index is 13.5. The van der Waals surface area contributed by atoms with Gasteiger partial charge in [-0.15, -0.1) is 5.10 Å². The fraction of sp³-hybridized carbons (Fsp3) is 0.100. The topological polar surface area (TPSA) is 80.5 Å². The zero-order chi connectivity index (χ0) is 12.4. The van der Waals surface area contributed by atoms with Crippen LogP contribution in [0.1, 0.15) is 11.1 Å². The molecule has 0 unspecified atom stereocenters. The van der Waals surface area contributed by atoms with E-state index in [4.69, 9.17) is 11.0 Å². The first-order chi connectivity index (χ1) is 8.10. The van der Waals surface area contributed by atoms with Crippen molar-refractivity contribution in [3.05, 3.63) is 39.9 Å². The van der Waals surface area contributed by atoms with Crippen LogP contribution in [0.3, 0.4) is 0 Å². The lowest BCUT2D eigenvalue weighted by molar-refractivity contribution is 0.581. The molecule has 0 radical (unpaired) electrons. The number of nitrogen functional groups attached to an aromatic ring is 1. The third-order valence-electron chi connectivity index (χ3n) is 2.14. The van der Waals surface area contributed by atoms with Crippen LogP contribution in [0.4, 0.5) is 10.3 Å². The number of benzene rings is 1. The molecule has 17 heavy (non-hydrogen) atoms. The molecule has 0 aliphatic carbocycles. The summed E-state index contributed by atoms with van der Waals surface area (Å²) < 4.78 is 15.3. The molecule has 0 saturated heterocycles. The minimum Gasteiger partial charge on any atom is -0.366 e. The van der Waals surface area contributed by atoms with Crippen molar-refractivity contribution in [3.63, 3.8) is 0 Å². The summed E-state index contributed by atoms with van der Waals surface area (Å²) in [5.74, 6) is -0.293. The molecule has 0 fully saturated rings. The van der Waals surface area contributed by atoms with Crippen LogP contribution < -0.4 is 5.73 Å². The van der Waals surface area contributed by atoms with Gasteiger partial charge in [-0.1, -0.05) is 0 Å². The summed E-state index contributed by atoms with van der Waals surface area (Å²) in [6.45, 7) is 0.159. The highest BCUT2D eigenvalue weighted by molar-refractivity contribution is 9.10. The van der Waals surface area contributed by atoms with Gasteiger partial charge in [0.2, 0.25) is 5.95 Å². The van der Waals surface area contributed by atoms with E-state index >= 15 is 0 Å². The second kappa shape index (κ2) is 4.51. The molecule has 0 spiro atoms. The predicted molar refractivity (Wildman–Crippen MR) is 62.4 cm³/mol. The molecule has 0 bridgehead atoms. The monoisotopic (exact) mass is 295 g/mol. The minimum absolute atomic E-state index is 0.105. The van der Waals surface area contributed by atoms with Crippen LogP contribution in [0.2, 0.25) is 0 Å². The first-order valence-corrected chi connectivity index (χ1v) is 5.44. The van der Waals surface area contributed by atoms with Gasteiger partial charge < -0.3 is 5.73 Å². The Labute approximate surface area is 105 Å². The Hall–Kier alpha value is -1.94. The summed E-state index contributed by atoms with van der Waals surface area (Å²) in [7, 11) is 0. The molecule has 86 valence electrons. The van der Waals surface area contributed by atoms with Gasteiger partial charge in [-0.05, 0) is 34.1 Å². The van der Waals surface area contributed by atoms with E-state index in [0.29, 0.717) is 15.9 Å². The highest BCUT2D eigenvalue weighted by atomic mass is 79.9. The molecule has 0 aliphatic heterocycles. The lowest BCUT2D eigenvalue weighted by atomic mass is 10.1. The molecule has 2 rings (SSSR count). The van der Waals surface area contributed by atoms with Gasteiger partial charge in [0, 0.05) is 5.56 Å². The molecule has 1 aromatic carbocycles. The molecule has 2 N–H and O–H groups in total. The van der Waals surface area contributed by atoms with Crippen LogP contribution in [0.15, 0.2) is 22.9 Å². The average molecular weight is 296 g/mol. The van der Waals surface area contributed by atoms with Gasteiger partial charge in [0.05, 0.1) is 18.2 Å². The Balaban J connectivity index is 2.36. The highest BCUT2D eigenvalue weighted by Crippen LogP contribution is 2.15. The standard InChI is InChI=1S/C10H7BrFN5/c11-9-15-10(14)16-17(9)5-7-3-6(4-13)1-2-8(7)12/h1-3H,5H2,(H2,14,16). The lowest BCUT2D eigenvalue weighted by Gasteiger charge is -2.04. The van der Waals surface area contributed by atoms with Crippen LogP contribution in [0.5, 0.6) is 0 Å². The number of anilines is 1. The molecule has 5 nitrogen and oxygen atoms in total. The van der Waals surface area contributed by atoms with Gasteiger partial charge in [0.25, 0.3) is 0 Å². The largest absolute Gasteiger partial charge is 0.366 e. The number of rotatable bonds is 2. The van der Waals surface area contributed by atoms with Crippen molar-refractivity contribution in [3.8, 4) is 6.07 Å². The van der Waals surface area contributed by atoms with Crippen molar-refractivity contribution >= 4 is 21.9 Å². The fourth-order valence-electron chi connectivity index (χ4n) is 1.37. The molecule has 0 aliphatic rings. The van der Waals surface area contributed by atoms with E-state index in [1.807, 2.05) is 6.07 Å². The number of hydrogen-bond donors (Lipinski definition) is 1. The van der Waals surface area contributed by atoms with E-state index in [0.717, 1.165) is 0 Å². The SMILES string of the molecule is N#Cc1ccc(F)c(Cn2nc(N)nc2Br)c1. The van der Waals surface area contributed by atoms with E-state index in [9.17, 15) is 4.39 Å². The Bertz CT molecular complexity index is 601. The predicted octanol–water partition coefficient (Wildman–Crippen LogP) is 1.68. The summed E-state index contributed by atoms with van der Waals surface area (Å²) in [4.78, 5) is 3.84. The first kappa shape index (κ1) is 11.5. The van der Waals surface area contributed by atoms with Crippen molar-refractivity contribution in [1.29, 1.82) is 5.26 Å². The van der Waals surface area contributed by atoms with Crippen molar-refractivity contribution in [2.24, 2.45) is 0 Å². The van der Waals surface area contributed by atoms with Crippen molar-refractivity contribution in [1.82, 2.24) is 14.8 Å². The van der Waals surface area contributed by atoms with Crippen LogP contribution >= 0.6 is 15.9 Å². The van der Waals surface area contributed by atoms with E-state index < -0.39 is 5.82 Å². The van der Waals surface area contributed by atoms with Gasteiger partial charge in [0.1, 0.15) is 5.82 Å². The van der Waals surface area contributed by atoms with Crippen LogP contribution in [0, 0.1) is 17.1 Å². The van der Waals surface area contributed by atoms with Gasteiger partial charge in [0.15, 0.2) is 4.73 Å². The maximum Gasteiger partial charge on any atom is 0.240 e. The molecule has 0 atom stereocenters. The second-order valence-electron chi connectivity index (χ2n) is 3.31. The number of nitriles is 1. The molecule has 1 heterocycles. The molecule has 0 saturated carbocycles. The summed E-state index contributed by atoms with van der Waals surface area (Å²) in [6, 6.07) is 6.10. The van der Waals surface area contributed by atoms with Crippen LogP contribution in [-0.2, 0) is 6.54 Å². The number of nitrogens with two attached hydrogens (primary N) is 1. The lowest BCUT2D eigenvalue weighted by Crippen LogP contribution is -2.05. The molecule has 1 aromatic heterocycles. The first-order valence-electron chi connectivity index (χ1n) is 4.64. The van der Waals surface area contributed by atoms with Crippen molar-refractivity contribution in [2.75, 3.05) is 5.73 Å². The summed E-state index contributed by atoms with van der Waals surface area (Å²) >= 11 is 3.16. The van der Waals surface area contributed by atoms with Gasteiger partial charge in [-0.2, -0.15) is 10.2 Å². The Morgan fingerprint density at radius 2 is 2.29 bits per heavy atom. The summed E-state index contributed by atoms with van der Waals surface area (Å²) in [6.07, 6.45) is 0. The smallest absolute Gasteiger partial charge is 0.240 e. The summed E-state index contributed by atoms with van der Waals surface area (Å²) in [5.41, 5.74) is 6.16. The number of nitrogens with zero attached hydrogens (tertiary/aromatic N) is 4. The third-order valence-corrected chi connectivity index (χ3v) is 2.72. The normalized spacial score (nSPS) is 10.2. The number of aromatic nitrogens is 3. The van der Waals surface area contributed by atoms with Gasteiger partial charge in [-0.25, -0.2) is 9.07 Å². The minimum atomic E-state index is -0.398. The zero-order valence-electron chi connectivity index (χ0n) is 8.56. The van der Waals surface area contributed by atoms with Crippen LogP contribution in [-0.4, -0.2) is 14.8 Å². The second-order valence-corrected chi connectivity index (χ2v) is 4.02. The Morgan fingerprint density at radius 3 is 2.88 bits per heavy atom. The number of halogens is 2. The quantitative estimate of drug-likeness (QED) is 0.914. The van der Waals surface area contributed by atoms with Crippen molar-refractivity contribution in [2.45, 2.75) is 6.54 Å².